The number of nitrogens with zero attached hydrogens (tertiary/aromatic N) is 2. The van der Waals surface area contributed by atoms with Gasteiger partial charge in [0.2, 0.25) is 0 Å². The second-order valence-corrected chi connectivity index (χ2v) is 5.00. The minimum Gasteiger partial charge on any atom is -0.496 e. The first-order valence-corrected chi connectivity index (χ1v) is 7.03. The highest BCUT2D eigenvalue weighted by Crippen LogP contribution is 2.19. The van der Waals surface area contributed by atoms with Crippen molar-refractivity contribution in [2.24, 2.45) is 7.05 Å². The molecular weight excluding hydrogens is 262 g/mol. The van der Waals surface area contributed by atoms with Gasteiger partial charge in [-0.2, -0.15) is 5.10 Å². The van der Waals surface area contributed by atoms with E-state index < -0.39 is 0 Å². The van der Waals surface area contributed by atoms with Gasteiger partial charge in [-0.25, -0.2) is 0 Å². The zero-order valence-electron chi connectivity index (χ0n) is 12.3. The van der Waals surface area contributed by atoms with E-state index in [0.29, 0.717) is 0 Å². The first-order chi connectivity index (χ1) is 10.3. The maximum absolute atomic E-state index is 5.36. The van der Waals surface area contributed by atoms with Crippen molar-refractivity contribution in [2.75, 3.05) is 7.11 Å². The number of hydrogen-bond acceptors (Lipinski definition) is 3. The van der Waals surface area contributed by atoms with Gasteiger partial charge in [0.15, 0.2) is 0 Å². The number of methoxy groups -OCH3 is 1. The third-order valence-corrected chi connectivity index (χ3v) is 3.63. The molecule has 0 aliphatic rings. The molecule has 0 aliphatic carbocycles. The van der Waals surface area contributed by atoms with Crippen molar-refractivity contribution in [3.8, 4) is 5.75 Å². The van der Waals surface area contributed by atoms with E-state index >= 15 is 0 Å². The molecule has 0 saturated carbocycles. The van der Waals surface area contributed by atoms with Crippen LogP contribution in [0.2, 0.25) is 0 Å². The first-order valence-electron chi connectivity index (χ1n) is 7.03. The van der Waals surface area contributed by atoms with E-state index in [1.54, 1.807) is 7.11 Å². The van der Waals surface area contributed by atoms with Crippen molar-refractivity contribution in [3.05, 3.63) is 59.8 Å². The molecular formula is C17H19N3O. The van der Waals surface area contributed by atoms with Crippen LogP contribution in [-0.4, -0.2) is 16.9 Å². The molecule has 0 radical (unpaired) electrons. The molecule has 3 aromatic rings. The van der Waals surface area contributed by atoms with Crippen molar-refractivity contribution in [2.45, 2.75) is 13.1 Å². The van der Waals surface area contributed by atoms with E-state index in [1.165, 1.54) is 5.39 Å². The second kappa shape index (κ2) is 5.97. The Labute approximate surface area is 124 Å². The molecule has 0 amide bonds. The SMILES string of the molecule is COc1ccccc1CNCc1nn(C)c2ccccc12. The summed E-state index contributed by atoms with van der Waals surface area (Å²) in [5, 5.41) is 9.23. The fraction of sp³-hybridized carbons (Fsp3) is 0.235. The average Bonchev–Trinajstić information content (AvgIpc) is 2.85. The highest BCUT2D eigenvalue weighted by molar-refractivity contribution is 5.81. The summed E-state index contributed by atoms with van der Waals surface area (Å²) >= 11 is 0. The van der Waals surface area contributed by atoms with Crippen LogP contribution in [0, 0.1) is 0 Å². The van der Waals surface area contributed by atoms with E-state index in [0.717, 1.165) is 35.6 Å². The van der Waals surface area contributed by atoms with Crippen LogP contribution < -0.4 is 10.1 Å². The van der Waals surface area contributed by atoms with Crippen molar-refractivity contribution in [3.63, 3.8) is 0 Å². The van der Waals surface area contributed by atoms with Gasteiger partial charge in [0.1, 0.15) is 5.75 Å². The molecule has 0 spiro atoms. The Bertz CT molecular complexity index is 749. The Morgan fingerprint density at radius 1 is 1.05 bits per heavy atom. The van der Waals surface area contributed by atoms with Crippen molar-refractivity contribution in [1.82, 2.24) is 15.1 Å². The first kappa shape index (κ1) is 13.6. The van der Waals surface area contributed by atoms with E-state index in [2.05, 4.69) is 28.6 Å². The molecule has 0 fully saturated rings. The predicted octanol–water partition coefficient (Wildman–Crippen LogP) is 2.87. The zero-order valence-corrected chi connectivity index (χ0v) is 12.3. The average molecular weight is 281 g/mol. The maximum atomic E-state index is 5.36. The van der Waals surface area contributed by atoms with E-state index in [-0.39, 0.29) is 0 Å². The van der Waals surface area contributed by atoms with Gasteiger partial charge in [0.05, 0.1) is 18.3 Å². The molecule has 0 atom stereocenters. The molecule has 0 bridgehead atoms. The number of rotatable bonds is 5. The van der Waals surface area contributed by atoms with Crippen LogP contribution in [0.1, 0.15) is 11.3 Å². The Balaban J connectivity index is 1.72. The molecule has 1 heterocycles. The highest BCUT2D eigenvalue weighted by Gasteiger charge is 2.07. The summed E-state index contributed by atoms with van der Waals surface area (Å²) < 4.78 is 7.29. The summed E-state index contributed by atoms with van der Waals surface area (Å²) in [6.07, 6.45) is 0. The lowest BCUT2D eigenvalue weighted by Gasteiger charge is -2.08. The summed E-state index contributed by atoms with van der Waals surface area (Å²) in [6, 6.07) is 16.3. The molecule has 108 valence electrons. The zero-order chi connectivity index (χ0) is 14.7. The van der Waals surface area contributed by atoms with Crippen LogP contribution >= 0.6 is 0 Å². The minimum absolute atomic E-state index is 0.736. The lowest BCUT2D eigenvalue weighted by atomic mass is 10.2. The second-order valence-electron chi connectivity index (χ2n) is 5.00. The summed E-state index contributed by atoms with van der Waals surface area (Å²) in [4.78, 5) is 0. The number of fused-ring (bicyclic) bond motifs is 1. The van der Waals surface area contributed by atoms with Crippen LogP contribution in [0.15, 0.2) is 48.5 Å². The van der Waals surface area contributed by atoms with E-state index in [1.807, 2.05) is 42.1 Å². The fourth-order valence-corrected chi connectivity index (χ4v) is 2.58. The topological polar surface area (TPSA) is 39.1 Å². The number of hydrogen-bond donors (Lipinski definition) is 1. The van der Waals surface area contributed by atoms with Crippen LogP contribution in [-0.2, 0) is 20.1 Å². The number of ether oxygens (including phenoxy) is 1. The maximum Gasteiger partial charge on any atom is 0.123 e. The Kier molecular flexibility index (Phi) is 3.88. The van der Waals surface area contributed by atoms with Gasteiger partial charge in [0, 0.05) is 31.1 Å². The van der Waals surface area contributed by atoms with Crippen molar-refractivity contribution in [1.29, 1.82) is 0 Å². The molecule has 1 N–H and O–H groups in total. The third-order valence-electron chi connectivity index (χ3n) is 3.63. The standard InChI is InChI=1S/C17H19N3O/c1-20-16-9-5-4-8-14(16)15(19-20)12-18-11-13-7-3-6-10-17(13)21-2/h3-10,18H,11-12H2,1-2H3. The molecule has 21 heavy (non-hydrogen) atoms. The van der Waals surface area contributed by atoms with Gasteiger partial charge in [0.25, 0.3) is 0 Å². The smallest absolute Gasteiger partial charge is 0.123 e. The van der Waals surface area contributed by atoms with Crippen LogP contribution in [0.3, 0.4) is 0 Å². The third kappa shape index (κ3) is 2.76. The van der Waals surface area contributed by atoms with Crippen LogP contribution in [0.5, 0.6) is 5.75 Å². The lowest BCUT2D eigenvalue weighted by molar-refractivity contribution is 0.407. The van der Waals surface area contributed by atoms with Crippen molar-refractivity contribution < 1.29 is 4.74 Å². The number of aromatic nitrogens is 2. The summed E-state index contributed by atoms with van der Waals surface area (Å²) in [7, 11) is 3.68. The molecule has 2 aromatic carbocycles. The molecule has 4 heteroatoms. The predicted molar refractivity (Wildman–Crippen MR) is 84.3 cm³/mol. The normalized spacial score (nSPS) is 11.0. The van der Waals surface area contributed by atoms with Gasteiger partial charge >= 0.3 is 0 Å². The molecule has 1 aromatic heterocycles. The molecule has 0 unspecified atom stereocenters. The fourth-order valence-electron chi connectivity index (χ4n) is 2.58. The number of benzene rings is 2. The lowest BCUT2D eigenvalue weighted by Crippen LogP contribution is -2.14. The van der Waals surface area contributed by atoms with Crippen LogP contribution in [0.25, 0.3) is 10.9 Å². The number of nitrogens with one attached hydrogen (secondary N) is 1. The Morgan fingerprint density at radius 2 is 1.81 bits per heavy atom. The Hall–Kier alpha value is -2.33. The van der Waals surface area contributed by atoms with Gasteiger partial charge in [-0.3, -0.25) is 4.68 Å². The molecule has 0 aliphatic heterocycles. The largest absolute Gasteiger partial charge is 0.496 e. The van der Waals surface area contributed by atoms with Gasteiger partial charge in [-0.1, -0.05) is 36.4 Å². The Morgan fingerprint density at radius 3 is 2.67 bits per heavy atom. The van der Waals surface area contributed by atoms with Gasteiger partial charge in [-0.05, 0) is 12.1 Å². The summed E-state index contributed by atoms with van der Waals surface area (Å²) in [6.45, 7) is 1.49. The molecule has 3 rings (SSSR count). The summed E-state index contributed by atoms with van der Waals surface area (Å²) in [5.74, 6) is 0.913. The number of para-hydroxylation sites is 2. The van der Waals surface area contributed by atoms with E-state index in [9.17, 15) is 0 Å². The van der Waals surface area contributed by atoms with Crippen LogP contribution in [0.4, 0.5) is 0 Å². The van der Waals surface area contributed by atoms with Gasteiger partial charge in [-0.15, -0.1) is 0 Å². The number of aryl methyl sites for hydroxylation is 1. The quantitative estimate of drug-likeness (QED) is 0.781. The highest BCUT2D eigenvalue weighted by atomic mass is 16.5. The minimum atomic E-state index is 0.736. The molecule has 0 saturated heterocycles. The van der Waals surface area contributed by atoms with Crippen molar-refractivity contribution >= 4 is 10.9 Å². The monoisotopic (exact) mass is 281 g/mol. The van der Waals surface area contributed by atoms with Gasteiger partial charge < -0.3 is 10.1 Å². The summed E-state index contributed by atoms with van der Waals surface area (Å²) in [5.41, 5.74) is 3.38. The van der Waals surface area contributed by atoms with E-state index in [4.69, 9.17) is 4.74 Å². The molecule has 4 nitrogen and oxygen atoms in total.